The van der Waals surface area contributed by atoms with E-state index >= 15 is 0 Å². The van der Waals surface area contributed by atoms with Gasteiger partial charge in [0.25, 0.3) is 0 Å². The first-order chi connectivity index (χ1) is 7.69. The van der Waals surface area contributed by atoms with E-state index in [2.05, 4.69) is 29.2 Å². The maximum Gasteiger partial charge on any atom is 0.142 e. The van der Waals surface area contributed by atoms with E-state index in [4.69, 9.17) is 10.6 Å². The molecule has 1 aromatic rings. The van der Waals surface area contributed by atoms with E-state index in [1.165, 1.54) is 0 Å². The second-order valence-electron chi connectivity index (χ2n) is 4.19. The maximum atomic E-state index is 5.68. The molecule has 88 valence electrons. The number of nitrogens with zero attached hydrogens (tertiary/aromatic N) is 2. The van der Waals surface area contributed by atoms with E-state index in [0.29, 0.717) is 5.82 Å². The summed E-state index contributed by atoms with van der Waals surface area (Å²) >= 11 is 0. The predicted octanol–water partition coefficient (Wildman–Crippen LogP) is 0.981. The smallest absolute Gasteiger partial charge is 0.142 e. The van der Waals surface area contributed by atoms with Crippen molar-refractivity contribution in [2.24, 2.45) is 5.84 Å². The van der Waals surface area contributed by atoms with Gasteiger partial charge in [0.2, 0.25) is 0 Å². The lowest BCUT2D eigenvalue weighted by Gasteiger charge is -2.36. The van der Waals surface area contributed by atoms with Gasteiger partial charge in [0.1, 0.15) is 11.6 Å². The molecule has 0 amide bonds. The number of nitrogens with two attached hydrogens (primary N) is 1. The molecule has 1 aliphatic heterocycles. The Balaban J connectivity index is 2.16. The van der Waals surface area contributed by atoms with Gasteiger partial charge in [-0.2, -0.15) is 0 Å². The summed E-state index contributed by atoms with van der Waals surface area (Å²) in [6, 6.07) is 5.78. The summed E-state index contributed by atoms with van der Waals surface area (Å²) in [6.45, 7) is 5.89. The van der Waals surface area contributed by atoms with Crippen LogP contribution in [0.15, 0.2) is 18.2 Å². The largest absolute Gasteiger partial charge is 0.372 e. The van der Waals surface area contributed by atoms with Crippen molar-refractivity contribution < 1.29 is 4.74 Å². The number of pyridine rings is 1. The lowest BCUT2D eigenvalue weighted by molar-refractivity contribution is -0.00545. The highest BCUT2D eigenvalue weighted by Crippen LogP contribution is 2.19. The first-order valence-electron chi connectivity index (χ1n) is 5.53. The Morgan fingerprint density at radius 1 is 1.38 bits per heavy atom. The molecule has 0 aromatic carbocycles. The second-order valence-corrected chi connectivity index (χ2v) is 4.19. The average Bonchev–Trinajstić information content (AvgIpc) is 2.28. The Kier molecular flexibility index (Phi) is 3.26. The SMILES string of the molecule is C[C@@H]1CN(c2cccc(NN)n2)C[C@H](C)O1. The molecule has 3 N–H and O–H groups in total. The molecule has 1 aromatic heterocycles. The van der Waals surface area contributed by atoms with Crippen molar-refractivity contribution in [3.05, 3.63) is 18.2 Å². The fourth-order valence-electron chi connectivity index (χ4n) is 2.04. The summed E-state index contributed by atoms with van der Waals surface area (Å²) < 4.78 is 5.68. The molecule has 1 fully saturated rings. The number of hydrazine groups is 1. The molecule has 2 rings (SSSR count). The summed E-state index contributed by atoms with van der Waals surface area (Å²) in [7, 11) is 0. The van der Waals surface area contributed by atoms with Gasteiger partial charge in [-0.1, -0.05) is 6.07 Å². The molecule has 0 aliphatic carbocycles. The number of nitrogens with one attached hydrogen (secondary N) is 1. The van der Waals surface area contributed by atoms with E-state index in [1.807, 2.05) is 18.2 Å². The van der Waals surface area contributed by atoms with E-state index < -0.39 is 0 Å². The summed E-state index contributed by atoms with van der Waals surface area (Å²) in [5.74, 6) is 6.97. The zero-order valence-corrected chi connectivity index (χ0v) is 9.68. The van der Waals surface area contributed by atoms with Gasteiger partial charge in [-0.05, 0) is 26.0 Å². The molecular weight excluding hydrogens is 204 g/mol. The molecule has 16 heavy (non-hydrogen) atoms. The van der Waals surface area contributed by atoms with E-state index in [1.54, 1.807) is 0 Å². The number of hydrogen-bond donors (Lipinski definition) is 2. The summed E-state index contributed by atoms with van der Waals surface area (Å²) in [6.07, 6.45) is 0.472. The fourth-order valence-corrected chi connectivity index (χ4v) is 2.04. The lowest BCUT2D eigenvalue weighted by atomic mass is 10.2. The van der Waals surface area contributed by atoms with E-state index in [0.717, 1.165) is 18.9 Å². The van der Waals surface area contributed by atoms with Crippen LogP contribution in [-0.2, 0) is 4.74 Å². The van der Waals surface area contributed by atoms with Crippen LogP contribution in [0.5, 0.6) is 0 Å². The molecule has 1 aliphatic rings. The average molecular weight is 222 g/mol. The molecule has 2 heterocycles. The normalized spacial score (nSPS) is 25.6. The van der Waals surface area contributed by atoms with Crippen LogP contribution in [0, 0.1) is 0 Å². The molecule has 0 bridgehead atoms. The number of hydrogen-bond acceptors (Lipinski definition) is 5. The third-order valence-corrected chi connectivity index (χ3v) is 2.63. The molecule has 0 spiro atoms. The van der Waals surface area contributed by atoms with Gasteiger partial charge >= 0.3 is 0 Å². The van der Waals surface area contributed by atoms with Crippen LogP contribution in [-0.4, -0.2) is 30.3 Å². The Bertz CT molecular complexity index is 348. The zero-order valence-electron chi connectivity index (χ0n) is 9.68. The van der Waals surface area contributed by atoms with Gasteiger partial charge in [0.15, 0.2) is 0 Å². The first kappa shape index (κ1) is 11.2. The Morgan fingerprint density at radius 2 is 2.06 bits per heavy atom. The van der Waals surface area contributed by atoms with Gasteiger partial charge in [-0.15, -0.1) is 0 Å². The first-order valence-corrected chi connectivity index (χ1v) is 5.53. The van der Waals surface area contributed by atoms with Crippen LogP contribution in [0.25, 0.3) is 0 Å². The third-order valence-electron chi connectivity index (χ3n) is 2.63. The topological polar surface area (TPSA) is 63.4 Å². The van der Waals surface area contributed by atoms with E-state index in [9.17, 15) is 0 Å². The van der Waals surface area contributed by atoms with Gasteiger partial charge in [-0.25, -0.2) is 10.8 Å². The van der Waals surface area contributed by atoms with Crippen molar-refractivity contribution in [1.29, 1.82) is 0 Å². The van der Waals surface area contributed by atoms with Crippen molar-refractivity contribution in [2.45, 2.75) is 26.1 Å². The minimum atomic E-state index is 0.236. The van der Waals surface area contributed by atoms with Crippen LogP contribution >= 0.6 is 0 Å². The molecule has 0 saturated carbocycles. The monoisotopic (exact) mass is 222 g/mol. The number of aromatic nitrogens is 1. The minimum absolute atomic E-state index is 0.236. The highest BCUT2D eigenvalue weighted by atomic mass is 16.5. The second kappa shape index (κ2) is 4.67. The number of nitrogen functional groups attached to an aromatic ring is 1. The van der Waals surface area contributed by atoms with Crippen molar-refractivity contribution in [1.82, 2.24) is 4.98 Å². The summed E-state index contributed by atoms with van der Waals surface area (Å²) in [4.78, 5) is 6.64. The molecule has 5 nitrogen and oxygen atoms in total. The Hall–Kier alpha value is -1.33. The molecule has 0 unspecified atom stereocenters. The molecule has 2 atom stereocenters. The number of morpholine rings is 1. The van der Waals surface area contributed by atoms with Crippen LogP contribution in [0.4, 0.5) is 11.6 Å². The lowest BCUT2D eigenvalue weighted by Crippen LogP contribution is -2.45. The summed E-state index contributed by atoms with van der Waals surface area (Å²) in [5.41, 5.74) is 2.56. The van der Waals surface area contributed by atoms with E-state index in [-0.39, 0.29) is 12.2 Å². The van der Waals surface area contributed by atoms with Crippen LogP contribution in [0.1, 0.15) is 13.8 Å². The van der Waals surface area contributed by atoms with Crippen LogP contribution in [0.3, 0.4) is 0 Å². The maximum absolute atomic E-state index is 5.68. The number of anilines is 2. The minimum Gasteiger partial charge on any atom is -0.372 e. The standard InChI is InChI=1S/C11H18N4O/c1-8-6-15(7-9(2)16-8)11-5-3-4-10(13-11)14-12/h3-5,8-9H,6-7,12H2,1-2H3,(H,13,14)/t8-,9+. The van der Waals surface area contributed by atoms with Gasteiger partial charge in [-0.3, -0.25) is 0 Å². The van der Waals surface area contributed by atoms with Crippen molar-refractivity contribution in [3.63, 3.8) is 0 Å². The molecular formula is C11H18N4O. The highest BCUT2D eigenvalue weighted by Gasteiger charge is 2.23. The van der Waals surface area contributed by atoms with Crippen molar-refractivity contribution >= 4 is 11.6 Å². The van der Waals surface area contributed by atoms with Gasteiger partial charge in [0.05, 0.1) is 12.2 Å². The quantitative estimate of drug-likeness (QED) is 0.577. The van der Waals surface area contributed by atoms with Crippen LogP contribution in [0.2, 0.25) is 0 Å². The number of ether oxygens (including phenoxy) is 1. The molecule has 5 heteroatoms. The van der Waals surface area contributed by atoms with Crippen molar-refractivity contribution in [2.75, 3.05) is 23.4 Å². The van der Waals surface area contributed by atoms with Gasteiger partial charge < -0.3 is 15.1 Å². The third kappa shape index (κ3) is 2.43. The molecule has 1 saturated heterocycles. The predicted molar refractivity (Wildman–Crippen MR) is 64.3 cm³/mol. The summed E-state index contributed by atoms with van der Waals surface area (Å²) in [5, 5.41) is 0. The highest BCUT2D eigenvalue weighted by molar-refractivity contribution is 5.46. The van der Waals surface area contributed by atoms with Crippen LogP contribution < -0.4 is 16.2 Å². The Morgan fingerprint density at radius 3 is 2.69 bits per heavy atom. The number of rotatable bonds is 2. The Labute approximate surface area is 95.6 Å². The van der Waals surface area contributed by atoms with Crippen molar-refractivity contribution in [3.8, 4) is 0 Å². The zero-order chi connectivity index (χ0) is 11.5. The molecule has 0 radical (unpaired) electrons. The fraction of sp³-hybridized carbons (Fsp3) is 0.545. The van der Waals surface area contributed by atoms with Gasteiger partial charge in [0, 0.05) is 13.1 Å².